The molecule has 0 spiro atoms. The molecule has 30 heavy (non-hydrogen) atoms. The Bertz CT molecular complexity index is 1040. The van der Waals surface area contributed by atoms with Crippen LogP contribution in [0.15, 0.2) is 47.8 Å². The third-order valence-corrected chi connectivity index (χ3v) is 5.85. The predicted molar refractivity (Wildman–Crippen MR) is 120 cm³/mol. The van der Waals surface area contributed by atoms with Crippen molar-refractivity contribution in [1.82, 2.24) is 9.88 Å². The standard InChI is InChI=1S/C23H25N3O3S/c1-15-6-5-7-20(16(15)2)25-21(27)13-26(3)22(28)12-18-14-30-23(24-18)17-8-10-19(29-4)11-9-17/h5-11,14H,12-13H2,1-4H3,(H,25,27). The van der Waals surface area contributed by atoms with Crippen molar-refractivity contribution in [1.29, 1.82) is 0 Å². The monoisotopic (exact) mass is 423 g/mol. The number of hydrogen-bond acceptors (Lipinski definition) is 5. The molecule has 0 unspecified atom stereocenters. The molecule has 7 heteroatoms. The Morgan fingerprint density at radius 1 is 1.13 bits per heavy atom. The second-order valence-corrected chi connectivity index (χ2v) is 7.95. The smallest absolute Gasteiger partial charge is 0.243 e. The number of thiazole rings is 1. The quantitative estimate of drug-likeness (QED) is 0.622. The number of methoxy groups -OCH3 is 1. The molecule has 1 heterocycles. The number of nitrogens with one attached hydrogen (secondary N) is 1. The normalized spacial score (nSPS) is 10.5. The third kappa shape index (κ3) is 5.24. The molecule has 0 saturated heterocycles. The summed E-state index contributed by atoms with van der Waals surface area (Å²) in [6.07, 6.45) is 0.153. The Hall–Kier alpha value is -3.19. The van der Waals surface area contributed by atoms with E-state index in [9.17, 15) is 9.59 Å². The molecule has 6 nitrogen and oxygen atoms in total. The second-order valence-electron chi connectivity index (χ2n) is 7.09. The molecule has 0 radical (unpaired) electrons. The van der Waals surface area contributed by atoms with Gasteiger partial charge in [0.15, 0.2) is 0 Å². The molecule has 156 valence electrons. The van der Waals surface area contributed by atoms with E-state index in [0.29, 0.717) is 5.69 Å². The van der Waals surface area contributed by atoms with Gasteiger partial charge in [0, 0.05) is 23.7 Å². The summed E-state index contributed by atoms with van der Waals surface area (Å²) < 4.78 is 5.17. The van der Waals surface area contributed by atoms with Crippen LogP contribution in [0.1, 0.15) is 16.8 Å². The first-order valence-electron chi connectivity index (χ1n) is 9.56. The molecule has 2 amide bonds. The van der Waals surface area contributed by atoms with Crippen molar-refractivity contribution >= 4 is 28.8 Å². The van der Waals surface area contributed by atoms with E-state index in [1.54, 1.807) is 14.2 Å². The van der Waals surface area contributed by atoms with Gasteiger partial charge in [0.25, 0.3) is 0 Å². The van der Waals surface area contributed by atoms with Crippen LogP contribution in [0.5, 0.6) is 5.75 Å². The molecule has 1 N–H and O–H groups in total. The number of benzene rings is 2. The SMILES string of the molecule is COc1ccc(-c2nc(CC(=O)N(C)CC(=O)Nc3cccc(C)c3C)cs2)cc1. The fourth-order valence-electron chi connectivity index (χ4n) is 2.92. The van der Waals surface area contributed by atoms with Gasteiger partial charge in [0.05, 0.1) is 25.8 Å². The molecule has 3 aromatic rings. The van der Waals surface area contributed by atoms with Crippen LogP contribution in [0, 0.1) is 13.8 Å². The Morgan fingerprint density at radius 3 is 2.57 bits per heavy atom. The van der Waals surface area contributed by atoms with Crippen molar-refractivity contribution in [2.24, 2.45) is 0 Å². The zero-order chi connectivity index (χ0) is 21.7. The summed E-state index contributed by atoms with van der Waals surface area (Å²) in [5, 5.41) is 5.60. The molecular weight excluding hydrogens is 398 g/mol. The molecule has 0 aliphatic heterocycles. The maximum atomic E-state index is 12.5. The lowest BCUT2D eigenvalue weighted by Crippen LogP contribution is -2.36. The van der Waals surface area contributed by atoms with E-state index in [1.807, 2.05) is 61.7 Å². The molecule has 0 aliphatic carbocycles. The van der Waals surface area contributed by atoms with Crippen molar-refractivity contribution in [3.63, 3.8) is 0 Å². The molecular formula is C23H25N3O3S. The van der Waals surface area contributed by atoms with Crippen LogP contribution in [0.3, 0.4) is 0 Å². The molecule has 0 atom stereocenters. The van der Waals surface area contributed by atoms with Gasteiger partial charge in [-0.2, -0.15) is 0 Å². The minimum Gasteiger partial charge on any atom is -0.497 e. The van der Waals surface area contributed by atoms with Crippen LogP contribution < -0.4 is 10.1 Å². The van der Waals surface area contributed by atoms with Crippen molar-refractivity contribution in [3.8, 4) is 16.3 Å². The van der Waals surface area contributed by atoms with Gasteiger partial charge in [-0.15, -0.1) is 11.3 Å². The lowest BCUT2D eigenvalue weighted by Gasteiger charge is -2.17. The number of likely N-dealkylation sites (N-methyl/N-ethyl adjacent to an activating group) is 1. The minimum atomic E-state index is -0.225. The van der Waals surface area contributed by atoms with Gasteiger partial charge in [0.2, 0.25) is 11.8 Å². The van der Waals surface area contributed by atoms with Crippen LogP contribution in [-0.4, -0.2) is 42.4 Å². The highest BCUT2D eigenvalue weighted by Gasteiger charge is 2.16. The van der Waals surface area contributed by atoms with Gasteiger partial charge < -0.3 is 15.0 Å². The van der Waals surface area contributed by atoms with E-state index in [2.05, 4.69) is 10.3 Å². The molecule has 2 aromatic carbocycles. The number of aromatic nitrogens is 1. The van der Waals surface area contributed by atoms with E-state index in [0.717, 1.165) is 33.1 Å². The number of carbonyl (C=O) groups excluding carboxylic acids is 2. The maximum Gasteiger partial charge on any atom is 0.243 e. The van der Waals surface area contributed by atoms with Gasteiger partial charge in [-0.3, -0.25) is 9.59 Å². The Morgan fingerprint density at radius 2 is 1.87 bits per heavy atom. The van der Waals surface area contributed by atoms with Crippen LogP contribution in [0.4, 0.5) is 5.69 Å². The summed E-state index contributed by atoms with van der Waals surface area (Å²) in [5.41, 5.74) is 4.56. The lowest BCUT2D eigenvalue weighted by molar-refractivity contribution is -0.132. The first-order chi connectivity index (χ1) is 14.4. The van der Waals surface area contributed by atoms with Crippen LogP contribution in [0.25, 0.3) is 10.6 Å². The number of amides is 2. The number of aryl methyl sites for hydroxylation is 1. The zero-order valence-electron chi connectivity index (χ0n) is 17.6. The Labute approximate surface area is 180 Å². The van der Waals surface area contributed by atoms with Gasteiger partial charge in [-0.1, -0.05) is 12.1 Å². The summed E-state index contributed by atoms with van der Waals surface area (Å²) in [5.74, 6) is 0.404. The number of ether oxygens (including phenoxy) is 1. The number of hydrogen-bond donors (Lipinski definition) is 1. The average molecular weight is 424 g/mol. The molecule has 0 aliphatic rings. The Balaban J connectivity index is 1.57. The molecule has 0 bridgehead atoms. The second kappa shape index (κ2) is 9.54. The third-order valence-electron chi connectivity index (χ3n) is 4.91. The summed E-state index contributed by atoms with van der Waals surface area (Å²) >= 11 is 1.49. The molecule has 0 fully saturated rings. The number of rotatable bonds is 7. The highest BCUT2D eigenvalue weighted by atomic mass is 32.1. The minimum absolute atomic E-state index is 0.0122. The molecule has 3 rings (SSSR count). The van der Waals surface area contributed by atoms with Crippen molar-refractivity contribution in [2.45, 2.75) is 20.3 Å². The number of carbonyl (C=O) groups is 2. The topological polar surface area (TPSA) is 71.5 Å². The first-order valence-corrected chi connectivity index (χ1v) is 10.4. The highest BCUT2D eigenvalue weighted by molar-refractivity contribution is 7.13. The van der Waals surface area contributed by atoms with Gasteiger partial charge in [-0.25, -0.2) is 4.98 Å². The van der Waals surface area contributed by atoms with E-state index in [-0.39, 0.29) is 24.8 Å². The lowest BCUT2D eigenvalue weighted by atomic mass is 10.1. The van der Waals surface area contributed by atoms with E-state index in [4.69, 9.17) is 4.74 Å². The largest absolute Gasteiger partial charge is 0.497 e. The van der Waals surface area contributed by atoms with Crippen LogP contribution >= 0.6 is 11.3 Å². The fraction of sp³-hybridized carbons (Fsp3) is 0.261. The summed E-state index contributed by atoms with van der Waals surface area (Å²) in [7, 11) is 3.25. The van der Waals surface area contributed by atoms with E-state index >= 15 is 0 Å². The van der Waals surface area contributed by atoms with Crippen LogP contribution in [-0.2, 0) is 16.0 Å². The van der Waals surface area contributed by atoms with E-state index in [1.165, 1.54) is 16.2 Å². The predicted octanol–water partition coefficient (Wildman–Crippen LogP) is 4.08. The molecule has 0 saturated carbocycles. The number of nitrogens with zero attached hydrogens (tertiary/aromatic N) is 2. The number of anilines is 1. The fourth-order valence-corrected chi connectivity index (χ4v) is 3.75. The molecule has 1 aromatic heterocycles. The van der Waals surface area contributed by atoms with Crippen molar-refractivity contribution < 1.29 is 14.3 Å². The Kier molecular flexibility index (Phi) is 6.84. The zero-order valence-corrected chi connectivity index (χ0v) is 18.4. The van der Waals surface area contributed by atoms with Gasteiger partial charge in [0.1, 0.15) is 10.8 Å². The summed E-state index contributed by atoms with van der Waals surface area (Å²) in [6.45, 7) is 3.94. The van der Waals surface area contributed by atoms with Crippen LogP contribution in [0.2, 0.25) is 0 Å². The van der Waals surface area contributed by atoms with Crippen molar-refractivity contribution in [3.05, 3.63) is 64.7 Å². The van der Waals surface area contributed by atoms with Crippen molar-refractivity contribution in [2.75, 3.05) is 26.0 Å². The maximum absolute atomic E-state index is 12.5. The van der Waals surface area contributed by atoms with E-state index < -0.39 is 0 Å². The van der Waals surface area contributed by atoms with Gasteiger partial charge >= 0.3 is 0 Å². The summed E-state index contributed by atoms with van der Waals surface area (Å²) in [4.78, 5) is 30.9. The highest BCUT2D eigenvalue weighted by Crippen LogP contribution is 2.26. The first kappa shape index (κ1) is 21.5. The summed E-state index contributed by atoms with van der Waals surface area (Å²) in [6, 6.07) is 13.4. The average Bonchev–Trinajstić information content (AvgIpc) is 3.20. The van der Waals surface area contributed by atoms with Gasteiger partial charge in [-0.05, 0) is 55.3 Å².